The molecule has 0 aliphatic heterocycles. The topological polar surface area (TPSA) is 46.5 Å². The fourth-order valence-electron chi connectivity index (χ4n) is 2.55. The number of esters is 1. The lowest BCUT2D eigenvalue weighted by Crippen LogP contribution is -2.19. The van der Waals surface area contributed by atoms with Crippen LogP contribution in [0, 0.1) is 0 Å². The van der Waals surface area contributed by atoms with Gasteiger partial charge in [-0.3, -0.25) is 0 Å². The minimum Gasteiger partial charge on any atom is -0.466 e. The van der Waals surface area contributed by atoms with Crippen LogP contribution in [0.1, 0.15) is 28.7 Å². The van der Waals surface area contributed by atoms with E-state index >= 15 is 0 Å². The van der Waals surface area contributed by atoms with Gasteiger partial charge in [-0.1, -0.05) is 49.0 Å². The summed E-state index contributed by atoms with van der Waals surface area (Å²) in [7, 11) is 1.19. The number of carbonyl (C=O) groups is 1. The van der Waals surface area contributed by atoms with Gasteiger partial charge in [-0.25, -0.2) is 4.79 Å². The van der Waals surface area contributed by atoms with Gasteiger partial charge in [0.25, 0.3) is 0 Å². The Bertz CT molecular complexity index is 737. The van der Waals surface area contributed by atoms with Crippen molar-refractivity contribution >= 4 is 5.97 Å². The van der Waals surface area contributed by atoms with E-state index in [9.17, 15) is 23.1 Å². The van der Waals surface area contributed by atoms with E-state index in [-0.39, 0.29) is 11.1 Å². The van der Waals surface area contributed by atoms with Gasteiger partial charge >= 0.3 is 12.1 Å². The van der Waals surface area contributed by atoms with E-state index in [1.807, 2.05) is 0 Å². The second kappa shape index (κ2) is 7.53. The van der Waals surface area contributed by atoms with Crippen molar-refractivity contribution in [1.29, 1.82) is 0 Å². The molecule has 0 heterocycles. The molecule has 0 aromatic heterocycles. The zero-order valence-electron chi connectivity index (χ0n) is 13.5. The smallest absolute Gasteiger partial charge is 0.416 e. The number of hydrogen-bond acceptors (Lipinski definition) is 3. The summed E-state index contributed by atoms with van der Waals surface area (Å²) in [4.78, 5) is 11.9. The lowest BCUT2D eigenvalue weighted by Gasteiger charge is -2.25. The van der Waals surface area contributed by atoms with Gasteiger partial charge in [0.2, 0.25) is 0 Å². The van der Waals surface area contributed by atoms with Crippen LogP contribution in [0.2, 0.25) is 0 Å². The Morgan fingerprint density at radius 1 is 1.04 bits per heavy atom. The maximum atomic E-state index is 12.7. The van der Waals surface area contributed by atoms with Gasteiger partial charge in [0.05, 0.1) is 18.8 Å². The van der Waals surface area contributed by atoms with Crippen molar-refractivity contribution in [2.45, 2.75) is 18.2 Å². The molecule has 132 valence electrons. The summed E-state index contributed by atoms with van der Waals surface area (Å²) in [6.07, 6.45) is -5.71. The highest BCUT2D eigenvalue weighted by atomic mass is 19.4. The van der Waals surface area contributed by atoms with Crippen molar-refractivity contribution in [1.82, 2.24) is 0 Å². The number of aliphatic hydroxyl groups excluding tert-OH is 1. The van der Waals surface area contributed by atoms with Gasteiger partial charge in [-0.15, -0.1) is 0 Å². The maximum absolute atomic E-state index is 12.7. The van der Waals surface area contributed by atoms with Crippen molar-refractivity contribution in [3.63, 3.8) is 0 Å². The minimum atomic E-state index is -4.46. The van der Waals surface area contributed by atoms with E-state index in [4.69, 9.17) is 0 Å². The molecular weight excluding hydrogens is 333 g/mol. The van der Waals surface area contributed by atoms with Gasteiger partial charge in [0, 0.05) is 11.5 Å². The van der Waals surface area contributed by atoms with E-state index in [0.29, 0.717) is 5.56 Å². The van der Waals surface area contributed by atoms with Crippen LogP contribution in [0.4, 0.5) is 13.2 Å². The number of aliphatic hydroxyl groups is 1. The summed E-state index contributed by atoms with van der Waals surface area (Å²) in [6, 6.07) is 12.8. The monoisotopic (exact) mass is 350 g/mol. The van der Waals surface area contributed by atoms with Crippen LogP contribution in [0.5, 0.6) is 0 Å². The predicted octanol–water partition coefficient (Wildman–Crippen LogP) is 4.25. The molecule has 0 saturated carbocycles. The zero-order valence-corrected chi connectivity index (χ0v) is 13.5. The highest BCUT2D eigenvalue weighted by molar-refractivity contribution is 5.89. The van der Waals surface area contributed by atoms with Crippen molar-refractivity contribution in [2.24, 2.45) is 0 Å². The highest BCUT2D eigenvalue weighted by Gasteiger charge is 2.32. The summed E-state index contributed by atoms with van der Waals surface area (Å²) in [5.41, 5.74) is 0.0461. The Labute approximate surface area is 143 Å². The van der Waals surface area contributed by atoms with Crippen LogP contribution < -0.4 is 0 Å². The second-order valence-electron chi connectivity index (χ2n) is 5.47. The number of ether oxygens (including phenoxy) is 1. The molecule has 25 heavy (non-hydrogen) atoms. The van der Waals surface area contributed by atoms with Crippen molar-refractivity contribution < 1.29 is 27.8 Å². The number of rotatable bonds is 5. The molecule has 1 N–H and O–H groups in total. The summed E-state index contributed by atoms with van der Waals surface area (Å²) < 4.78 is 42.7. The Kier molecular flexibility index (Phi) is 5.64. The number of hydrogen-bond donors (Lipinski definition) is 1. The SMILES string of the molecule is C=C(C(=O)OC)[C@@H](c1ccccc1)[C@H](O)c1ccc(C(F)(F)F)cc1. The molecule has 0 fully saturated rings. The average molecular weight is 350 g/mol. The maximum Gasteiger partial charge on any atom is 0.416 e. The summed E-state index contributed by atoms with van der Waals surface area (Å²) in [5, 5.41) is 10.7. The van der Waals surface area contributed by atoms with Crippen molar-refractivity contribution in [3.8, 4) is 0 Å². The standard InChI is InChI=1S/C19H17F3O3/c1-12(18(24)25-2)16(13-6-4-3-5-7-13)17(23)14-8-10-15(11-9-14)19(20,21)22/h3-11,16-17,23H,1H2,2H3/t16-,17+/m0/s1. The van der Waals surface area contributed by atoms with Crippen LogP contribution in [0.25, 0.3) is 0 Å². The molecular formula is C19H17F3O3. The Balaban J connectivity index is 2.40. The van der Waals surface area contributed by atoms with Crippen molar-refractivity contribution in [3.05, 3.63) is 83.4 Å². The lowest BCUT2D eigenvalue weighted by molar-refractivity contribution is -0.138. The molecule has 0 aliphatic carbocycles. The normalized spacial score (nSPS) is 13.8. The average Bonchev–Trinajstić information content (AvgIpc) is 2.61. The van der Waals surface area contributed by atoms with Crippen LogP contribution in [0.3, 0.4) is 0 Å². The molecule has 2 aromatic rings. The zero-order chi connectivity index (χ0) is 18.6. The first kappa shape index (κ1) is 18.7. The van der Waals surface area contributed by atoms with Gasteiger partial charge < -0.3 is 9.84 Å². The highest BCUT2D eigenvalue weighted by Crippen LogP contribution is 2.38. The third-order valence-corrected chi connectivity index (χ3v) is 3.88. The van der Waals surface area contributed by atoms with Gasteiger partial charge in [-0.2, -0.15) is 13.2 Å². The van der Waals surface area contributed by atoms with Gasteiger partial charge in [-0.05, 0) is 23.3 Å². The Morgan fingerprint density at radius 3 is 2.08 bits per heavy atom. The van der Waals surface area contributed by atoms with Crippen LogP contribution in [0.15, 0.2) is 66.7 Å². The van der Waals surface area contributed by atoms with E-state index in [2.05, 4.69) is 11.3 Å². The number of benzene rings is 2. The summed E-state index contributed by atoms with van der Waals surface area (Å²) in [6.45, 7) is 3.69. The van der Waals surface area contributed by atoms with Crippen LogP contribution in [-0.4, -0.2) is 18.2 Å². The number of carbonyl (C=O) groups excluding carboxylic acids is 1. The molecule has 0 aliphatic rings. The fourth-order valence-corrected chi connectivity index (χ4v) is 2.55. The molecule has 0 radical (unpaired) electrons. The molecule has 0 amide bonds. The Morgan fingerprint density at radius 2 is 1.60 bits per heavy atom. The van der Waals surface area contributed by atoms with E-state index in [1.54, 1.807) is 30.3 Å². The molecule has 0 unspecified atom stereocenters. The first-order valence-electron chi connectivity index (χ1n) is 7.43. The van der Waals surface area contributed by atoms with Crippen LogP contribution in [-0.2, 0) is 15.7 Å². The first-order valence-corrected chi connectivity index (χ1v) is 7.43. The van der Waals surface area contributed by atoms with Gasteiger partial charge in [0.15, 0.2) is 0 Å². The number of methoxy groups -OCH3 is 1. The fraction of sp³-hybridized carbons (Fsp3) is 0.211. The molecule has 0 saturated heterocycles. The van der Waals surface area contributed by atoms with E-state index < -0.39 is 29.7 Å². The minimum absolute atomic E-state index is 0.0149. The molecule has 0 spiro atoms. The first-order chi connectivity index (χ1) is 11.8. The number of halogens is 3. The molecule has 3 nitrogen and oxygen atoms in total. The van der Waals surface area contributed by atoms with E-state index in [1.165, 1.54) is 19.2 Å². The predicted molar refractivity (Wildman–Crippen MR) is 86.7 cm³/mol. The second-order valence-corrected chi connectivity index (χ2v) is 5.47. The summed E-state index contributed by atoms with van der Waals surface area (Å²) in [5.74, 6) is -1.54. The third kappa shape index (κ3) is 4.28. The van der Waals surface area contributed by atoms with Crippen LogP contribution >= 0.6 is 0 Å². The van der Waals surface area contributed by atoms with E-state index in [0.717, 1.165) is 12.1 Å². The largest absolute Gasteiger partial charge is 0.466 e. The molecule has 2 aromatic carbocycles. The Hall–Kier alpha value is -2.60. The molecule has 0 bridgehead atoms. The molecule has 2 rings (SSSR count). The summed E-state index contributed by atoms with van der Waals surface area (Å²) >= 11 is 0. The molecule has 2 atom stereocenters. The number of alkyl halides is 3. The van der Waals surface area contributed by atoms with Crippen molar-refractivity contribution in [2.75, 3.05) is 7.11 Å². The lowest BCUT2D eigenvalue weighted by atomic mass is 9.83. The molecule has 6 heteroatoms. The third-order valence-electron chi connectivity index (χ3n) is 3.88. The van der Waals surface area contributed by atoms with Gasteiger partial charge in [0.1, 0.15) is 0 Å². The quantitative estimate of drug-likeness (QED) is 0.648.